The molecular weight excluding hydrogens is 439 g/mol. The second kappa shape index (κ2) is 8.62. The lowest BCUT2D eigenvalue weighted by molar-refractivity contribution is 0.128. The lowest BCUT2D eigenvalue weighted by Gasteiger charge is -2.22. The number of ether oxygens (including phenoxy) is 1. The maximum atomic E-state index is 14.2. The van der Waals surface area contributed by atoms with Gasteiger partial charge >= 0.3 is 6.55 Å². The molecule has 0 amide bonds. The Morgan fingerprint density at radius 3 is 2.84 bits per heavy atom. The largest absolute Gasteiger partial charge is 0.482 e. The minimum Gasteiger partial charge on any atom is -0.482 e. The molecule has 1 atom stereocenters. The van der Waals surface area contributed by atoms with Gasteiger partial charge in [0.05, 0.1) is 16.4 Å². The maximum absolute atomic E-state index is 14.2. The van der Waals surface area contributed by atoms with Crippen LogP contribution >= 0.6 is 11.3 Å². The number of nitrogen functional groups attached to an aromatic ring is 1. The van der Waals surface area contributed by atoms with E-state index < -0.39 is 18.5 Å². The lowest BCUT2D eigenvalue weighted by atomic mass is 9.96. The van der Waals surface area contributed by atoms with Gasteiger partial charge in [0, 0.05) is 40.4 Å². The molecule has 2 bridgehead atoms. The Balaban J connectivity index is 2.03. The first-order valence-corrected chi connectivity index (χ1v) is 10.6. The number of aromatic nitrogens is 2. The van der Waals surface area contributed by atoms with Crippen molar-refractivity contribution in [2.45, 2.75) is 32.9 Å². The first kappa shape index (κ1) is 21.8. The minimum atomic E-state index is -2.86. The molecule has 0 aliphatic carbocycles. The standard InChI is InChI=1S/C22H20F3N5OS/c1-10-16-7-14(23)3-4-15(16)20-18(32-11(2)29-20)6-12(8-26)19(30-22(24)25)13-5-17(31-10)21(27)28-9-13/h3-5,7-10,22,26,30H,6H2,1-2H3,(H2,27,28)/b19-12-,26-8?. The molecule has 0 fully saturated rings. The predicted molar refractivity (Wildman–Crippen MR) is 118 cm³/mol. The van der Waals surface area contributed by atoms with Crippen molar-refractivity contribution in [3.05, 3.63) is 62.9 Å². The van der Waals surface area contributed by atoms with Gasteiger partial charge in [0.25, 0.3) is 0 Å². The van der Waals surface area contributed by atoms with E-state index in [4.69, 9.17) is 15.9 Å². The van der Waals surface area contributed by atoms with Crippen LogP contribution < -0.4 is 15.8 Å². The number of thiazole rings is 1. The van der Waals surface area contributed by atoms with E-state index in [1.807, 2.05) is 6.92 Å². The van der Waals surface area contributed by atoms with E-state index >= 15 is 0 Å². The zero-order valence-corrected chi connectivity index (χ0v) is 18.1. The first-order valence-electron chi connectivity index (χ1n) is 9.73. The average Bonchev–Trinajstić information content (AvgIpc) is 3.11. The van der Waals surface area contributed by atoms with Crippen molar-refractivity contribution in [3.8, 4) is 17.0 Å². The van der Waals surface area contributed by atoms with Crippen LogP contribution in [-0.2, 0) is 6.42 Å². The minimum absolute atomic E-state index is 0.0527. The molecule has 166 valence electrons. The molecule has 1 aliphatic heterocycles. The van der Waals surface area contributed by atoms with Gasteiger partial charge in [-0.25, -0.2) is 14.4 Å². The molecule has 1 unspecified atom stereocenters. The van der Waals surface area contributed by atoms with Crippen LogP contribution in [0.3, 0.4) is 0 Å². The van der Waals surface area contributed by atoms with Gasteiger partial charge in [-0.05, 0) is 43.7 Å². The number of benzene rings is 1. The van der Waals surface area contributed by atoms with Gasteiger partial charge in [0.15, 0.2) is 11.6 Å². The van der Waals surface area contributed by atoms with Gasteiger partial charge in [0.1, 0.15) is 11.9 Å². The van der Waals surface area contributed by atoms with Gasteiger partial charge in [-0.2, -0.15) is 8.78 Å². The number of anilines is 1. The van der Waals surface area contributed by atoms with Crippen LogP contribution in [0.25, 0.3) is 17.0 Å². The number of nitrogens with two attached hydrogens (primary N) is 1. The smallest absolute Gasteiger partial charge is 0.312 e. The summed E-state index contributed by atoms with van der Waals surface area (Å²) in [6.45, 7) is 0.713. The van der Waals surface area contributed by atoms with E-state index in [0.717, 1.165) is 16.1 Å². The van der Waals surface area contributed by atoms with Crippen LogP contribution in [0.15, 0.2) is 36.0 Å². The fourth-order valence-electron chi connectivity index (χ4n) is 3.68. The number of hydrogen-bond acceptors (Lipinski definition) is 7. The molecule has 2 aromatic heterocycles. The van der Waals surface area contributed by atoms with E-state index in [2.05, 4.69) is 15.3 Å². The number of hydrogen-bond donors (Lipinski definition) is 3. The van der Waals surface area contributed by atoms with Crippen molar-refractivity contribution in [1.29, 1.82) is 5.41 Å². The van der Waals surface area contributed by atoms with Gasteiger partial charge in [-0.3, -0.25) is 0 Å². The fourth-order valence-corrected chi connectivity index (χ4v) is 4.65. The maximum Gasteiger partial charge on any atom is 0.312 e. The molecule has 0 spiro atoms. The molecule has 6 nitrogen and oxygen atoms in total. The van der Waals surface area contributed by atoms with Gasteiger partial charge < -0.3 is 21.2 Å². The summed E-state index contributed by atoms with van der Waals surface area (Å²) in [6, 6.07) is 5.84. The van der Waals surface area contributed by atoms with Gasteiger partial charge in [-0.15, -0.1) is 11.3 Å². The van der Waals surface area contributed by atoms with Gasteiger partial charge in [-0.1, -0.05) is 0 Å². The number of fused-ring (bicyclic) bond motifs is 5. The van der Waals surface area contributed by atoms with Crippen molar-refractivity contribution in [2.75, 3.05) is 5.73 Å². The van der Waals surface area contributed by atoms with Crippen molar-refractivity contribution < 1.29 is 17.9 Å². The highest BCUT2D eigenvalue weighted by atomic mass is 32.1. The zero-order chi connectivity index (χ0) is 23.0. The van der Waals surface area contributed by atoms with Crippen LogP contribution in [0.5, 0.6) is 5.75 Å². The molecule has 0 saturated heterocycles. The number of nitrogens with zero attached hydrogens (tertiary/aromatic N) is 2. The molecule has 0 saturated carbocycles. The third-order valence-corrected chi connectivity index (χ3v) is 6.06. The number of nitrogens with one attached hydrogen (secondary N) is 2. The summed E-state index contributed by atoms with van der Waals surface area (Å²) in [4.78, 5) is 9.47. The van der Waals surface area contributed by atoms with Crippen molar-refractivity contribution in [3.63, 3.8) is 0 Å². The van der Waals surface area contributed by atoms with Crippen LogP contribution in [0, 0.1) is 18.2 Å². The average molecular weight is 459 g/mol. The summed E-state index contributed by atoms with van der Waals surface area (Å²) < 4.78 is 46.9. The SMILES string of the molecule is Cc1nc2c(s1)C/C(C=N)=C(/NC(F)F)c1cnc(N)c(c1)OC(C)c1cc(F)ccc1-2. The highest BCUT2D eigenvalue weighted by Gasteiger charge is 2.24. The predicted octanol–water partition coefficient (Wildman–Crippen LogP) is 5.10. The summed E-state index contributed by atoms with van der Waals surface area (Å²) in [5.74, 6) is -0.199. The quantitative estimate of drug-likeness (QED) is 0.374. The van der Waals surface area contributed by atoms with Crippen LogP contribution in [0.1, 0.15) is 34.0 Å². The summed E-state index contributed by atoms with van der Waals surface area (Å²) in [7, 11) is 0. The summed E-state index contributed by atoms with van der Waals surface area (Å²) in [5, 5.41) is 10.8. The van der Waals surface area contributed by atoms with Crippen molar-refractivity contribution in [1.82, 2.24) is 15.3 Å². The second-order valence-corrected chi connectivity index (χ2v) is 8.56. The third kappa shape index (κ3) is 4.18. The van der Waals surface area contributed by atoms with E-state index in [9.17, 15) is 13.2 Å². The Morgan fingerprint density at radius 1 is 1.34 bits per heavy atom. The van der Waals surface area contributed by atoms with Crippen LogP contribution in [-0.4, -0.2) is 22.7 Å². The molecule has 1 aliphatic rings. The van der Waals surface area contributed by atoms with Crippen LogP contribution in [0.4, 0.5) is 19.0 Å². The molecule has 10 heteroatoms. The summed E-state index contributed by atoms with van der Waals surface area (Å²) in [6.07, 6.45) is 1.91. The topological polar surface area (TPSA) is 96.9 Å². The van der Waals surface area contributed by atoms with E-state index in [0.29, 0.717) is 28.0 Å². The van der Waals surface area contributed by atoms with E-state index in [1.54, 1.807) is 13.0 Å². The monoisotopic (exact) mass is 459 g/mol. The third-order valence-electron chi connectivity index (χ3n) is 5.08. The molecule has 4 rings (SSSR count). The number of aryl methyl sites for hydroxylation is 1. The summed E-state index contributed by atoms with van der Waals surface area (Å²) in [5.41, 5.74) is 8.45. The number of pyridine rings is 1. The Labute approximate surface area is 186 Å². The molecule has 3 heterocycles. The van der Waals surface area contributed by atoms with Crippen LogP contribution in [0.2, 0.25) is 0 Å². The number of rotatable bonds is 3. The molecule has 1 aromatic carbocycles. The van der Waals surface area contributed by atoms with Crippen molar-refractivity contribution >= 4 is 29.1 Å². The first-order chi connectivity index (χ1) is 15.3. The molecule has 32 heavy (non-hydrogen) atoms. The van der Waals surface area contributed by atoms with Crippen molar-refractivity contribution in [2.24, 2.45) is 0 Å². The number of alkyl halides is 2. The molecule has 4 N–H and O–H groups in total. The molecule has 0 radical (unpaired) electrons. The molecule has 3 aromatic rings. The Hall–Kier alpha value is -3.40. The number of halogens is 3. The summed E-state index contributed by atoms with van der Waals surface area (Å²) >= 11 is 1.39. The lowest BCUT2D eigenvalue weighted by Crippen LogP contribution is -2.22. The second-order valence-electron chi connectivity index (χ2n) is 7.27. The van der Waals surface area contributed by atoms with Gasteiger partial charge in [0.2, 0.25) is 0 Å². The molecular formula is C22H20F3N5OS. The highest BCUT2D eigenvalue weighted by molar-refractivity contribution is 7.12. The number of allylic oxidation sites excluding steroid dienone is 1. The fraction of sp³-hybridized carbons (Fsp3) is 0.227. The van der Waals surface area contributed by atoms with E-state index in [1.165, 1.54) is 35.7 Å². The Morgan fingerprint density at radius 2 is 2.12 bits per heavy atom. The normalized spacial score (nSPS) is 18.1. The zero-order valence-electron chi connectivity index (χ0n) is 17.2. The Bertz CT molecular complexity index is 1220. The van der Waals surface area contributed by atoms with E-state index in [-0.39, 0.29) is 23.7 Å². The Kier molecular flexibility index (Phi) is 5.88. The highest BCUT2D eigenvalue weighted by Crippen LogP contribution is 2.38.